The molecule has 1 N–H and O–H groups in total. The van der Waals surface area contributed by atoms with Crippen LogP contribution in [0.25, 0.3) is 10.2 Å². The molecule has 182 valence electrons. The zero-order valence-corrected chi connectivity index (χ0v) is 20.2. The van der Waals surface area contributed by atoms with E-state index in [9.17, 15) is 27.6 Å². The van der Waals surface area contributed by atoms with Gasteiger partial charge >= 0.3 is 12.1 Å². The number of esters is 1. The van der Waals surface area contributed by atoms with E-state index in [-0.39, 0.29) is 33.5 Å². The van der Waals surface area contributed by atoms with Crippen molar-refractivity contribution in [2.45, 2.75) is 39.9 Å². The summed E-state index contributed by atoms with van der Waals surface area (Å²) < 4.78 is 45.3. The quantitative estimate of drug-likeness (QED) is 0.441. The molecule has 0 spiro atoms. The first kappa shape index (κ1) is 25.7. The molecule has 0 aliphatic rings. The van der Waals surface area contributed by atoms with Crippen molar-refractivity contribution in [1.82, 2.24) is 9.55 Å². The van der Waals surface area contributed by atoms with Gasteiger partial charge in [-0.05, 0) is 43.5 Å². The second-order valence-corrected chi connectivity index (χ2v) is 9.45. The minimum Gasteiger partial charge on any atom is -0.461 e. The molecule has 1 atom stereocenters. The fourth-order valence-corrected chi connectivity index (χ4v) is 4.27. The van der Waals surface area contributed by atoms with Gasteiger partial charge in [-0.15, -0.1) is 11.3 Å². The fraction of sp³-hybridized carbons (Fsp3) is 0.364. The summed E-state index contributed by atoms with van der Waals surface area (Å²) in [5.74, 6) is -1.20. The van der Waals surface area contributed by atoms with E-state index < -0.39 is 35.2 Å². The third-order valence-electron chi connectivity index (χ3n) is 4.96. The van der Waals surface area contributed by atoms with Crippen molar-refractivity contribution in [1.29, 1.82) is 0 Å². The van der Waals surface area contributed by atoms with Gasteiger partial charge in [-0.1, -0.05) is 25.4 Å². The molecule has 0 saturated carbocycles. The molecule has 0 saturated heterocycles. The number of fused-ring (bicyclic) bond motifs is 1. The Morgan fingerprint density at radius 2 is 1.94 bits per heavy atom. The second kappa shape index (κ2) is 9.75. The van der Waals surface area contributed by atoms with E-state index in [1.807, 2.05) is 13.8 Å². The number of ether oxygens (including phenoxy) is 1. The van der Waals surface area contributed by atoms with Gasteiger partial charge in [0.1, 0.15) is 15.7 Å². The van der Waals surface area contributed by atoms with Gasteiger partial charge in [-0.3, -0.25) is 14.2 Å². The first-order chi connectivity index (χ1) is 15.8. The number of aryl methyl sites for hydroxylation is 1. The molecule has 0 fully saturated rings. The Morgan fingerprint density at radius 1 is 1.26 bits per heavy atom. The summed E-state index contributed by atoms with van der Waals surface area (Å²) in [5.41, 5.74) is -1.41. The van der Waals surface area contributed by atoms with Gasteiger partial charge in [0.25, 0.3) is 5.56 Å². The average molecular weight is 516 g/mol. The maximum atomic E-state index is 13.1. The van der Waals surface area contributed by atoms with Gasteiger partial charge < -0.3 is 10.1 Å². The summed E-state index contributed by atoms with van der Waals surface area (Å²) in [5, 5.41) is 2.41. The number of hydrogen-bond donors (Lipinski definition) is 1. The van der Waals surface area contributed by atoms with Gasteiger partial charge in [0.05, 0.1) is 34.6 Å². The van der Waals surface area contributed by atoms with Crippen molar-refractivity contribution in [3.05, 3.63) is 55.9 Å². The van der Waals surface area contributed by atoms with Crippen LogP contribution in [0.1, 0.15) is 47.6 Å². The second-order valence-electron chi connectivity index (χ2n) is 8.04. The molecule has 2 heterocycles. The third-order valence-corrected chi connectivity index (χ3v) is 6.47. The molecular formula is C22H21ClF3N3O4S. The molecular weight excluding hydrogens is 495 g/mol. The molecule has 34 heavy (non-hydrogen) atoms. The number of nitrogens with one attached hydrogen (secondary N) is 1. The van der Waals surface area contributed by atoms with Gasteiger partial charge in [0.15, 0.2) is 0 Å². The number of carbonyl (C=O) groups is 2. The number of alkyl halides is 3. The highest BCUT2D eigenvalue weighted by molar-refractivity contribution is 7.20. The topological polar surface area (TPSA) is 90.3 Å². The highest BCUT2D eigenvalue weighted by atomic mass is 35.5. The predicted octanol–water partition coefficient (Wildman–Crippen LogP) is 5.45. The van der Waals surface area contributed by atoms with Gasteiger partial charge in [-0.25, -0.2) is 9.78 Å². The minimum absolute atomic E-state index is 0.0901. The van der Waals surface area contributed by atoms with Crippen LogP contribution in [0.3, 0.4) is 0 Å². The van der Waals surface area contributed by atoms with Crippen molar-refractivity contribution >= 4 is 50.7 Å². The van der Waals surface area contributed by atoms with Crippen LogP contribution in [0.2, 0.25) is 5.02 Å². The van der Waals surface area contributed by atoms with Crippen LogP contribution in [-0.4, -0.2) is 28.0 Å². The smallest absolute Gasteiger partial charge is 0.416 e. The number of hydrogen-bond acceptors (Lipinski definition) is 6. The Bertz CT molecular complexity index is 1320. The maximum Gasteiger partial charge on any atom is 0.416 e. The number of carbonyl (C=O) groups excluding carboxylic acids is 2. The fourth-order valence-electron chi connectivity index (χ4n) is 3.08. The molecule has 7 nitrogen and oxygen atoms in total. The van der Waals surface area contributed by atoms with E-state index in [1.54, 1.807) is 6.92 Å². The molecule has 12 heteroatoms. The summed E-state index contributed by atoms with van der Waals surface area (Å²) in [6.07, 6.45) is -3.46. The number of halogens is 4. The van der Waals surface area contributed by atoms with Crippen LogP contribution in [0, 0.1) is 12.8 Å². The van der Waals surface area contributed by atoms with E-state index in [4.69, 9.17) is 16.3 Å². The predicted molar refractivity (Wildman–Crippen MR) is 124 cm³/mol. The van der Waals surface area contributed by atoms with Crippen LogP contribution < -0.4 is 10.9 Å². The van der Waals surface area contributed by atoms with E-state index in [0.717, 1.165) is 40.4 Å². The summed E-state index contributed by atoms with van der Waals surface area (Å²) in [6, 6.07) is 1.41. The monoisotopic (exact) mass is 515 g/mol. The number of amides is 1. The van der Waals surface area contributed by atoms with Crippen molar-refractivity contribution < 1.29 is 27.5 Å². The molecule has 1 amide bonds. The molecule has 3 aromatic rings. The number of rotatable bonds is 6. The van der Waals surface area contributed by atoms with Crippen molar-refractivity contribution in [3.8, 4) is 0 Å². The van der Waals surface area contributed by atoms with Gasteiger partial charge in [0, 0.05) is 0 Å². The first-order valence-electron chi connectivity index (χ1n) is 10.2. The van der Waals surface area contributed by atoms with E-state index in [0.29, 0.717) is 10.4 Å². The Morgan fingerprint density at radius 3 is 2.56 bits per heavy atom. The summed E-state index contributed by atoms with van der Waals surface area (Å²) >= 11 is 6.96. The Kier molecular flexibility index (Phi) is 7.37. The highest BCUT2D eigenvalue weighted by Gasteiger charge is 2.31. The zero-order valence-electron chi connectivity index (χ0n) is 18.6. The lowest BCUT2D eigenvalue weighted by Gasteiger charge is -2.16. The Hall–Kier alpha value is -2.92. The van der Waals surface area contributed by atoms with Crippen LogP contribution in [0.5, 0.6) is 0 Å². The number of aromatic nitrogens is 2. The van der Waals surface area contributed by atoms with Crippen LogP contribution in [0.4, 0.5) is 18.9 Å². The summed E-state index contributed by atoms with van der Waals surface area (Å²) in [6.45, 7) is 6.99. The molecule has 2 aromatic heterocycles. The molecule has 1 aromatic carbocycles. The Labute approximate surface area is 201 Å². The summed E-state index contributed by atoms with van der Waals surface area (Å²) in [7, 11) is 0. The zero-order chi connectivity index (χ0) is 25.4. The normalized spacial score (nSPS) is 12.7. The van der Waals surface area contributed by atoms with E-state index in [1.165, 1.54) is 6.92 Å². The lowest BCUT2D eigenvalue weighted by molar-refractivity contribution is -0.137. The number of thiophene rings is 1. The van der Waals surface area contributed by atoms with Gasteiger partial charge in [-0.2, -0.15) is 13.2 Å². The van der Waals surface area contributed by atoms with Gasteiger partial charge in [0.2, 0.25) is 5.91 Å². The maximum absolute atomic E-state index is 13.1. The molecule has 3 rings (SSSR count). The first-order valence-corrected chi connectivity index (χ1v) is 11.4. The molecule has 0 aliphatic heterocycles. The SMILES string of the molecule is Cc1c(C(=O)OCC(C)C)sc2ncn(C(C)C(=O)Nc3cc(C(F)(F)F)ccc3Cl)c(=O)c12. The number of nitrogens with zero attached hydrogens (tertiary/aromatic N) is 2. The highest BCUT2D eigenvalue weighted by Crippen LogP contribution is 2.34. The number of anilines is 1. The molecule has 0 aliphatic carbocycles. The van der Waals surface area contributed by atoms with Crippen LogP contribution >= 0.6 is 22.9 Å². The standard InChI is InChI=1S/C22H21ClF3N3O4S/c1-10(2)8-33-21(32)17-11(3)16-19(34-17)27-9-29(20(16)31)12(4)18(30)28-15-7-13(22(24,25)26)5-6-14(15)23/h5-7,9-10,12H,8H2,1-4H3,(H,28,30). The Balaban J connectivity index is 1.91. The lowest BCUT2D eigenvalue weighted by Crippen LogP contribution is -2.32. The third kappa shape index (κ3) is 5.25. The van der Waals surface area contributed by atoms with Crippen LogP contribution in [0.15, 0.2) is 29.3 Å². The largest absolute Gasteiger partial charge is 0.461 e. The van der Waals surface area contributed by atoms with E-state index >= 15 is 0 Å². The molecule has 0 radical (unpaired) electrons. The molecule has 1 unspecified atom stereocenters. The molecule has 0 bridgehead atoms. The van der Waals surface area contributed by atoms with Crippen molar-refractivity contribution in [3.63, 3.8) is 0 Å². The summed E-state index contributed by atoms with van der Waals surface area (Å²) in [4.78, 5) is 43.0. The average Bonchev–Trinajstić information content (AvgIpc) is 3.09. The lowest BCUT2D eigenvalue weighted by atomic mass is 10.2. The van der Waals surface area contributed by atoms with Crippen molar-refractivity contribution in [2.75, 3.05) is 11.9 Å². The minimum atomic E-state index is -4.62. The number of benzene rings is 1. The van der Waals surface area contributed by atoms with E-state index in [2.05, 4.69) is 10.3 Å². The van der Waals surface area contributed by atoms with Crippen LogP contribution in [-0.2, 0) is 15.7 Å². The van der Waals surface area contributed by atoms with Crippen molar-refractivity contribution in [2.24, 2.45) is 5.92 Å².